The lowest BCUT2D eigenvalue weighted by molar-refractivity contribution is -0.110. The van der Waals surface area contributed by atoms with Crippen LogP contribution in [0.1, 0.15) is 24.1 Å². The van der Waals surface area contributed by atoms with E-state index in [1.807, 2.05) is 6.07 Å². The van der Waals surface area contributed by atoms with Crippen LogP contribution in [0.2, 0.25) is 0 Å². The van der Waals surface area contributed by atoms with Gasteiger partial charge in [0.05, 0.1) is 19.8 Å². The van der Waals surface area contributed by atoms with Crippen LogP contribution in [0, 0.1) is 5.41 Å². The van der Waals surface area contributed by atoms with Gasteiger partial charge in [-0.3, -0.25) is 0 Å². The van der Waals surface area contributed by atoms with Crippen molar-refractivity contribution in [3.8, 4) is 0 Å². The highest BCUT2D eigenvalue weighted by molar-refractivity contribution is 7.10. The Morgan fingerprint density at radius 1 is 1.64 bits per heavy atom. The molecule has 1 aromatic rings. The molecule has 1 unspecified atom stereocenters. The average Bonchev–Trinajstić information content (AvgIpc) is 2.64. The number of hydrogen-bond acceptors (Lipinski definition) is 3. The van der Waals surface area contributed by atoms with Crippen LogP contribution in [0.25, 0.3) is 0 Å². The summed E-state index contributed by atoms with van der Waals surface area (Å²) in [5.74, 6) is 0.295. The van der Waals surface area contributed by atoms with E-state index in [1.54, 1.807) is 11.3 Å². The largest absolute Gasteiger partial charge is 0.396 e. The summed E-state index contributed by atoms with van der Waals surface area (Å²) in [4.78, 5) is 1.29. The van der Waals surface area contributed by atoms with Crippen molar-refractivity contribution < 1.29 is 9.84 Å². The molecule has 0 saturated carbocycles. The second kappa shape index (κ2) is 4.01. The van der Waals surface area contributed by atoms with Crippen molar-refractivity contribution in [2.24, 2.45) is 5.41 Å². The van der Waals surface area contributed by atoms with Gasteiger partial charge >= 0.3 is 0 Å². The van der Waals surface area contributed by atoms with E-state index in [2.05, 4.69) is 18.4 Å². The van der Waals surface area contributed by atoms with E-state index in [4.69, 9.17) is 4.74 Å². The molecule has 0 aliphatic carbocycles. The lowest BCUT2D eigenvalue weighted by Gasteiger charge is -2.40. The van der Waals surface area contributed by atoms with E-state index in [0.717, 1.165) is 19.6 Å². The minimum atomic E-state index is 0.246. The molecule has 78 valence electrons. The molecular formula is C11H16O2S. The van der Waals surface area contributed by atoms with Crippen molar-refractivity contribution >= 4 is 11.3 Å². The van der Waals surface area contributed by atoms with Crippen molar-refractivity contribution in [2.45, 2.75) is 19.3 Å². The monoisotopic (exact) mass is 212 g/mol. The van der Waals surface area contributed by atoms with Gasteiger partial charge in [-0.05, 0) is 17.9 Å². The smallest absolute Gasteiger partial charge is 0.0542 e. The Balaban J connectivity index is 2.00. The minimum Gasteiger partial charge on any atom is -0.396 e. The van der Waals surface area contributed by atoms with E-state index in [0.29, 0.717) is 5.92 Å². The lowest BCUT2D eigenvalue weighted by atomic mass is 9.79. The first-order valence-electron chi connectivity index (χ1n) is 4.95. The van der Waals surface area contributed by atoms with Crippen LogP contribution < -0.4 is 0 Å². The van der Waals surface area contributed by atoms with E-state index < -0.39 is 0 Å². The summed E-state index contributed by atoms with van der Waals surface area (Å²) in [5.41, 5.74) is 0.289. The number of thiophene rings is 1. The highest BCUT2D eigenvalue weighted by Crippen LogP contribution is 2.38. The van der Waals surface area contributed by atoms with Crippen LogP contribution >= 0.6 is 11.3 Å². The quantitative estimate of drug-likeness (QED) is 0.829. The van der Waals surface area contributed by atoms with Crippen LogP contribution in [0.15, 0.2) is 17.5 Å². The fourth-order valence-corrected chi connectivity index (χ4v) is 2.76. The van der Waals surface area contributed by atoms with Gasteiger partial charge in [0.15, 0.2) is 0 Å². The Morgan fingerprint density at radius 2 is 2.43 bits per heavy atom. The van der Waals surface area contributed by atoms with Crippen molar-refractivity contribution in [1.82, 2.24) is 0 Å². The molecule has 0 amide bonds. The van der Waals surface area contributed by atoms with E-state index in [1.165, 1.54) is 4.88 Å². The first-order valence-corrected chi connectivity index (χ1v) is 5.83. The maximum atomic E-state index is 9.35. The van der Waals surface area contributed by atoms with Gasteiger partial charge < -0.3 is 9.84 Å². The summed E-state index contributed by atoms with van der Waals surface area (Å²) in [7, 11) is 0. The zero-order chi connectivity index (χ0) is 10.0. The number of hydrogen-bond donors (Lipinski definition) is 1. The summed E-state index contributed by atoms with van der Waals surface area (Å²) in [6, 6.07) is 4.15. The van der Waals surface area contributed by atoms with Crippen LogP contribution in [0.5, 0.6) is 0 Å². The second-order valence-electron chi connectivity index (χ2n) is 4.40. The van der Waals surface area contributed by atoms with Gasteiger partial charge in [-0.1, -0.05) is 13.0 Å². The molecule has 2 nitrogen and oxygen atoms in total. The second-order valence-corrected chi connectivity index (χ2v) is 5.38. The maximum absolute atomic E-state index is 9.35. The predicted octanol–water partition coefficient (Wildman–Crippen LogP) is 2.25. The Kier molecular flexibility index (Phi) is 2.91. The molecule has 14 heavy (non-hydrogen) atoms. The molecule has 1 aliphatic rings. The zero-order valence-electron chi connectivity index (χ0n) is 8.40. The number of aliphatic hydroxyl groups excluding tert-OH is 1. The number of aliphatic hydroxyl groups is 1. The van der Waals surface area contributed by atoms with Crippen molar-refractivity contribution in [2.75, 3.05) is 19.8 Å². The summed E-state index contributed by atoms with van der Waals surface area (Å²) in [6.07, 6.45) is 1.03. The molecule has 1 atom stereocenters. The van der Waals surface area contributed by atoms with Crippen LogP contribution in [0.3, 0.4) is 0 Å². The average molecular weight is 212 g/mol. The van der Waals surface area contributed by atoms with E-state index >= 15 is 0 Å². The van der Waals surface area contributed by atoms with Crippen molar-refractivity contribution in [1.29, 1.82) is 0 Å². The third-order valence-corrected chi connectivity index (χ3v) is 3.84. The van der Waals surface area contributed by atoms with Crippen LogP contribution in [-0.4, -0.2) is 24.9 Å². The minimum absolute atomic E-state index is 0.246. The predicted molar refractivity (Wildman–Crippen MR) is 57.7 cm³/mol. The molecule has 1 saturated heterocycles. The zero-order valence-corrected chi connectivity index (χ0v) is 9.22. The van der Waals surface area contributed by atoms with Crippen LogP contribution in [-0.2, 0) is 4.74 Å². The Hall–Kier alpha value is -0.380. The molecule has 0 bridgehead atoms. The molecule has 3 heteroatoms. The first kappa shape index (κ1) is 10.1. The third-order valence-electron chi connectivity index (χ3n) is 2.81. The highest BCUT2D eigenvalue weighted by atomic mass is 32.1. The topological polar surface area (TPSA) is 29.5 Å². The molecule has 1 aromatic heterocycles. The Labute approximate surface area is 88.5 Å². The molecule has 0 aromatic carbocycles. The van der Waals surface area contributed by atoms with Gasteiger partial charge in [0.2, 0.25) is 0 Å². The van der Waals surface area contributed by atoms with E-state index in [9.17, 15) is 5.11 Å². The van der Waals surface area contributed by atoms with Crippen molar-refractivity contribution in [3.05, 3.63) is 22.4 Å². The van der Waals surface area contributed by atoms with E-state index in [-0.39, 0.29) is 12.0 Å². The summed E-state index contributed by atoms with van der Waals surface area (Å²) >= 11 is 1.73. The summed E-state index contributed by atoms with van der Waals surface area (Å²) in [5, 5.41) is 11.4. The highest BCUT2D eigenvalue weighted by Gasteiger charge is 2.36. The fourth-order valence-electron chi connectivity index (χ4n) is 1.94. The van der Waals surface area contributed by atoms with Gasteiger partial charge in [0.25, 0.3) is 0 Å². The standard InChI is InChI=1S/C11H16O2S/c1-11(7-13-8-11)5-9(6-12)10-3-2-4-14-10/h2-4,9,12H,5-8H2,1H3. The Morgan fingerprint density at radius 3 is 2.86 bits per heavy atom. The SMILES string of the molecule is CC1(CC(CO)c2cccs2)COC1. The molecule has 2 rings (SSSR count). The normalized spacial score (nSPS) is 21.6. The molecule has 2 heterocycles. The molecule has 0 spiro atoms. The molecular weight excluding hydrogens is 196 g/mol. The lowest BCUT2D eigenvalue weighted by Crippen LogP contribution is -2.41. The third kappa shape index (κ3) is 2.00. The van der Waals surface area contributed by atoms with Gasteiger partial charge in [0, 0.05) is 16.2 Å². The molecule has 1 fully saturated rings. The Bertz CT molecular complexity index is 277. The van der Waals surface area contributed by atoms with Gasteiger partial charge in [-0.15, -0.1) is 11.3 Å². The molecule has 1 N–H and O–H groups in total. The van der Waals surface area contributed by atoms with Gasteiger partial charge in [-0.2, -0.15) is 0 Å². The first-order chi connectivity index (χ1) is 6.73. The fraction of sp³-hybridized carbons (Fsp3) is 0.636. The van der Waals surface area contributed by atoms with Gasteiger partial charge in [-0.25, -0.2) is 0 Å². The molecule has 0 radical (unpaired) electrons. The maximum Gasteiger partial charge on any atom is 0.0542 e. The van der Waals surface area contributed by atoms with Crippen molar-refractivity contribution in [3.63, 3.8) is 0 Å². The summed E-state index contributed by atoms with van der Waals surface area (Å²) < 4.78 is 5.22. The summed E-state index contributed by atoms with van der Waals surface area (Å²) in [6.45, 7) is 4.16. The van der Waals surface area contributed by atoms with Gasteiger partial charge in [0.1, 0.15) is 0 Å². The number of rotatable bonds is 4. The van der Waals surface area contributed by atoms with Crippen LogP contribution in [0.4, 0.5) is 0 Å². The molecule has 1 aliphatic heterocycles. The number of ether oxygens (including phenoxy) is 1.